The fourth-order valence-electron chi connectivity index (χ4n) is 2.34. The van der Waals surface area contributed by atoms with Gasteiger partial charge in [0.15, 0.2) is 5.69 Å². The van der Waals surface area contributed by atoms with E-state index >= 15 is 0 Å². The molecule has 28 heavy (non-hydrogen) atoms. The van der Waals surface area contributed by atoms with E-state index < -0.39 is 29.5 Å². The number of carbonyl (C=O) groups is 2. The lowest BCUT2D eigenvalue weighted by molar-refractivity contribution is -0.274. The number of hydrazine groups is 1. The van der Waals surface area contributed by atoms with Gasteiger partial charge in [-0.15, -0.1) is 13.2 Å². The van der Waals surface area contributed by atoms with E-state index in [0.29, 0.717) is 0 Å². The van der Waals surface area contributed by atoms with Crippen LogP contribution in [0.25, 0.3) is 10.8 Å². The molecule has 0 aliphatic heterocycles. The predicted octanol–water partition coefficient (Wildman–Crippen LogP) is 1.90. The lowest BCUT2D eigenvalue weighted by Gasteiger charge is -2.10. The fraction of sp³-hybridized carbons (Fsp3) is 0.0588. The third-order valence-electron chi connectivity index (χ3n) is 3.55. The average Bonchev–Trinajstić information content (AvgIpc) is 2.66. The minimum atomic E-state index is -4.84. The highest BCUT2D eigenvalue weighted by Gasteiger charge is 2.31. The van der Waals surface area contributed by atoms with Crippen molar-refractivity contribution in [3.05, 3.63) is 70.1 Å². The standard InChI is InChI=1S/C17H11F3N4O4/c18-17(19,20)28-10-7-5-9(6-8-10)14(25)22-24-16(27)13-11-3-1-2-4-12(11)15(26)23-21-13/h1-8H,(H,22,25)(H,23,26)(H,24,27). The van der Waals surface area contributed by atoms with E-state index in [1.165, 1.54) is 12.1 Å². The molecule has 0 unspecified atom stereocenters. The molecular formula is C17H11F3N4O4. The molecule has 0 aliphatic carbocycles. The maximum Gasteiger partial charge on any atom is 0.573 e. The third-order valence-corrected chi connectivity index (χ3v) is 3.55. The van der Waals surface area contributed by atoms with E-state index in [4.69, 9.17) is 0 Å². The Morgan fingerprint density at radius 1 is 0.929 bits per heavy atom. The zero-order valence-electron chi connectivity index (χ0n) is 13.8. The summed E-state index contributed by atoms with van der Waals surface area (Å²) < 4.78 is 40.1. The number of alkyl halides is 3. The summed E-state index contributed by atoms with van der Waals surface area (Å²) in [6.07, 6.45) is -4.84. The lowest BCUT2D eigenvalue weighted by Crippen LogP contribution is -2.42. The van der Waals surface area contributed by atoms with E-state index in [-0.39, 0.29) is 22.0 Å². The monoisotopic (exact) mass is 392 g/mol. The number of aromatic amines is 1. The van der Waals surface area contributed by atoms with Crippen LogP contribution in [0.5, 0.6) is 5.75 Å². The van der Waals surface area contributed by atoms with Gasteiger partial charge in [0, 0.05) is 10.9 Å². The largest absolute Gasteiger partial charge is 0.573 e. The van der Waals surface area contributed by atoms with Gasteiger partial charge in [-0.3, -0.25) is 25.2 Å². The van der Waals surface area contributed by atoms with Gasteiger partial charge in [-0.25, -0.2) is 5.10 Å². The number of fused-ring (bicyclic) bond motifs is 1. The predicted molar refractivity (Wildman–Crippen MR) is 90.4 cm³/mol. The minimum Gasteiger partial charge on any atom is -0.406 e. The van der Waals surface area contributed by atoms with Gasteiger partial charge in [0.25, 0.3) is 17.4 Å². The van der Waals surface area contributed by atoms with E-state index in [1.54, 1.807) is 12.1 Å². The van der Waals surface area contributed by atoms with Crippen molar-refractivity contribution >= 4 is 22.6 Å². The molecule has 0 radical (unpaired) electrons. The van der Waals surface area contributed by atoms with E-state index in [0.717, 1.165) is 24.3 Å². The highest BCUT2D eigenvalue weighted by molar-refractivity contribution is 6.05. The van der Waals surface area contributed by atoms with Gasteiger partial charge in [0.05, 0.1) is 5.39 Å². The molecule has 144 valence electrons. The maximum atomic E-state index is 12.3. The lowest BCUT2D eigenvalue weighted by atomic mass is 10.1. The Morgan fingerprint density at radius 3 is 2.18 bits per heavy atom. The first-order valence-corrected chi connectivity index (χ1v) is 7.68. The Morgan fingerprint density at radius 2 is 1.54 bits per heavy atom. The van der Waals surface area contributed by atoms with Crippen molar-refractivity contribution in [2.75, 3.05) is 0 Å². The number of hydrogen-bond acceptors (Lipinski definition) is 5. The van der Waals surface area contributed by atoms with Crippen LogP contribution in [0.15, 0.2) is 53.3 Å². The van der Waals surface area contributed by atoms with Gasteiger partial charge in [-0.1, -0.05) is 18.2 Å². The number of halogens is 3. The number of amides is 2. The molecule has 8 nitrogen and oxygen atoms in total. The maximum absolute atomic E-state index is 12.3. The van der Waals surface area contributed by atoms with Gasteiger partial charge in [-0.2, -0.15) is 5.10 Å². The molecule has 1 aromatic heterocycles. The zero-order valence-corrected chi connectivity index (χ0v) is 13.8. The Bertz CT molecular complexity index is 1090. The number of nitrogens with one attached hydrogen (secondary N) is 3. The summed E-state index contributed by atoms with van der Waals surface area (Å²) >= 11 is 0. The normalized spacial score (nSPS) is 11.1. The molecule has 0 aliphatic rings. The summed E-state index contributed by atoms with van der Waals surface area (Å²) in [4.78, 5) is 36.0. The van der Waals surface area contributed by atoms with Crippen LogP contribution in [0.1, 0.15) is 20.8 Å². The Hall–Kier alpha value is -3.89. The van der Waals surface area contributed by atoms with E-state index in [1.807, 2.05) is 0 Å². The SMILES string of the molecule is O=C(NNC(=O)c1n[nH]c(=O)c2ccccc12)c1ccc(OC(F)(F)F)cc1. The quantitative estimate of drug-likeness (QED) is 0.590. The van der Waals surface area contributed by atoms with Crippen molar-refractivity contribution in [1.29, 1.82) is 0 Å². The molecule has 0 atom stereocenters. The summed E-state index contributed by atoms with van der Waals surface area (Å²) in [5.41, 5.74) is 3.62. The molecule has 3 rings (SSSR count). The molecule has 0 saturated heterocycles. The van der Waals surface area contributed by atoms with E-state index in [2.05, 4.69) is 25.8 Å². The molecule has 11 heteroatoms. The second kappa shape index (κ2) is 7.39. The first kappa shape index (κ1) is 18.9. The first-order valence-electron chi connectivity index (χ1n) is 7.68. The van der Waals surface area contributed by atoms with Crippen LogP contribution >= 0.6 is 0 Å². The van der Waals surface area contributed by atoms with Crippen molar-refractivity contribution in [3.63, 3.8) is 0 Å². The highest BCUT2D eigenvalue weighted by Crippen LogP contribution is 2.22. The number of carbonyl (C=O) groups excluding carboxylic acids is 2. The van der Waals surface area contributed by atoms with Crippen molar-refractivity contribution in [2.45, 2.75) is 6.36 Å². The summed E-state index contributed by atoms with van der Waals surface area (Å²) in [5.74, 6) is -2.06. The van der Waals surface area contributed by atoms with Gasteiger partial charge in [0.1, 0.15) is 5.75 Å². The number of hydrogen-bond donors (Lipinski definition) is 3. The second-order valence-electron chi connectivity index (χ2n) is 5.43. The van der Waals surface area contributed by atoms with Crippen molar-refractivity contribution < 1.29 is 27.5 Å². The fourth-order valence-corrected chi connectivity index (χ4v) is 2.34. The van der Waals surface area contributed by atoms with Crippen molar-refractivity contribution in [2.24, 2.45) is 0 Å². The topological polar surface area (TPSA) is 113 Å². The minimum absolute atomic E-state index is 0.0193. The Kier molecular flexibility index (Phi) is 4.98. The molecule has 0 fully saturated rings. The molecule has 2 amide bonds. The molecule has 0 saturated carbocycles. The van der Waals surface area contributed by atoms with Crippen LogP contribution in [0.2, 0.25) is 0 Å². The summed E-state index contributed by atoms with van der Waals surface area (Å²) in [7, 11) is 0. The Labute approximate surface area is 154 Å². The van der Waals surface area contributed by atoms with Crippen LogP contribution < -0.4 is 21.1 Å². The van der Waals surface area contributed by atoms with Crippen molar-refractivity contribution in [3.8, 4) is 5.75 Å². The van der Waals surface area contributed by atoms with Crippen LogP contribution in [-0.4, -0.2) is 28.4 Å². The van der Waals surface area contributed by atoms with Gasteiger partial charge < -0.3 is 4.74 Å². The molecule has 3 aromatic rings. The molecule has 1 heterocycles. The van der Waals surface area contributed by atoms with E-state index in [9.17, 15) is 27.6 Å². The number of ether oxygens (including phenoxy) is 1. The molecule has 0 bridgehead atoms. The number of H-pyrrole nitrogens is 1. The first-order chi connectivity index (χ1) is 13.2. The van der Waals surface area contributed by atoms with Gasteiger partial charge in [0.2, 0.25) is 0 Å². The summed E-state index contributed by atoms with van der Waals surface area (Å²) in [6, 6.07) is 10.4. The van der Waals surface area contributed by atoms with Crippen molar-refractivity contribution in [1.82, 2.24) is 21.0 Å². The molecule has 2 aromatic carbocycles. The smallest absolute Gasteiger partial charge is 0.406 e. The van der Waals surface area contributed by atoms with Gasteiger partial charge >= 0.3 is 6.36 Å². The Balaban J connectivity index is 1.69. The summed E-state index contributed by atoms with van der Waals surface area (Å²) in [6.45, 7) is 0. The molecular weight excluding hydrogens is 381 g/mol. The van der Waals surface area contributed by atoms with Crippen LogP contribution in [0, 0.1) is 0 Å². The number of rotatable bonds is 3. The molecule has 0 spiro atoms. The average molecular weight is 392 g/mol. The summed E-state index contributed by atoms with van der Waals surface area (Å²) in [5, 5.41) is 6.39. The third kappa shape index (κ3) is 4.26. The molecule has 3 N–H and O–H groups in total. The van der Waals surface area contributed by atoms with Crippen LogP contribution in [0.4, 0.5) is 13.2 Å². The number of aromatic nitrogens is 2. The number of benzene rings is 2. The van der Waals surface area contributed by atoms with Crippen LogP contribution in [0.3, 0.4) is 0 Å². The second-order valence-corrected chi connectivity index (χ2v) is 5.43. The number of nitrogens with zero attached hydrogens (tertiary/aromatic N) is 1. The highest BCUT2D eigenvalue weighted by atomic mass is 19.4. The zero-order chi connectivity index (χ0) is 20.3. The van der Waals surface area contributed by atoms with Gasteiger partial charge in [-0.05, 0) is 30.3 Å². The van der Waals surface area contributed by atoms with Crippen LogP contribution in [-0.2, 0) is 0 Å².